The Morgan fingerprint density at radius 3 is 2.16 bits per heavy atom. The molecule has 2 aliphatic rings. The smallest absolute Gasteiger partial charge is 0.341 e. The van der Waals surface area contributed by atoms with E-state index in [0.29, 0.717) is 24.9 Å². The van der Waals surface area contributed by atoms with E-state index in [1.54, 1.807) is 10.2 Å². The molecule has 0 aromatic heterocycles. The number of hydrogen-bond acceptors (Lipinski definition) is 2. The van der Waals surface area contributed by atoms with Crippen LogP contribution in [-0.4, -0.2) is 42.5 Å². The van der Waals surface area contributed by atoms with Gasteiger partial charge >= 0.3 is 12.1 Å². The van der Waals surface area contributed by atoms with Gasteiger partial charge in [0.15, 0.2) is 0 Å². The highest BCUT2D eigenvalue weighted by molar-refractivity contribution is 5.87. The number of allylic oxidation sites excluding steroid dienone is 2. The summed E-state index contributed by atoms with van der Waals surface area (Å²) in [6.45, 7) is 0.538. The average Bonchev–Trinajstić information content (AvgIpc) is 2.78. The van der Waals surface area contributed by atoms with Crippen LogP contribution < -0.4 is 5.32 Å². The molecule has 0 saturated carbocycles. The third kappa shape index (κ3) is 3.27. The molecule has 19 heavy (non-hydrogen) atoms. The van der Waals surface area contributed by atoms with E-state index in [1.165, 1.54) is 0 Å². The second-order valence-electron chi connectivity index (χ2n) is 4.94. The molecule has 1 heterocycles. The van der Waals surface area contributed by atoms with Gasteiger partial charge in [-0.05, 0) is 24.7 Å². The second kappa shape index (κ2) is 5.22. The fraction of sp³-hybridized carbons (Fsp3) is 0.667. The van der Waals surface area contributed by atoms with Crippen LogP contribution in [0, 0.1) is 11.8 Å². The molecule has 2 atom stereocenters. The number of carbonyl (C=O) groups is 2. The van der Waals surface area contributed by atoms with Crippen molar-refractivity contribution in [3.8, 4) is 0 Å². The van der Waals surface area contributed by atoms with Gasteiger partial charge in [0.25, 0.3) is 0 Å². The quantitative estimate of drug-likeness (QED) is 0.768. The molecule has 0 radical (unpaired) electrons. The van der Waals surface area contributed by atoms with Crippen molar-refractivity contribution in [1.29, 1.82) is 0 Å². The van der Waals surface area contributed by atoms with E-state index in [9.17, 15) is 22.8 Å². The maximum absolute atomic E-state index is 12.0. The molecular weight excluding hydrogens is 261 g/mol. The monoisotopic (exact) mass is 276 g/mol. The zero-order valence-corrected chi connectivity index (χ0v) is 10.2. The Morgan fingerprint density at radius 1 is 1.16 bits per heavy atom. The molecule has 1 N–H and O–H groups in total. The molecule has 1 fully saturated rings. The standard InChI is InChI=1S/C12H15F3N2O2/c13-12(14,15)11(19)16-5-10(18)17-6-8-3-1-2-4-9(8)7-17/h1-2,8-9H,3-7H2,(H,16,19)/t8-,9+. The lowest BCUT2D eigenvalue weighted by Gasteiger charge is -2.17. The van der Waals surface area contributed by atoms with Gasteiger partial charge in [-0.15, -0.1) is 0 Å². The Bertz CT molecular complexity index is 390. The minimum Gasteiger partial charge on any atom is -0.341 e. The van der Waals surface area contributed by atoms with Gasteiger partial charge in [-0.1, -0.05) is 12.2 Å². The van der Waals surface area contributed by atoms with E-state index in [4.69, 9.17) is 0 Å². The van der Waals surface area contributed by atoms with Crippen molar-refractivity contribution in [3.63, 3.8) is 0 Å². The SMILES string of the molecule is O=C(CNC(=O)C(F)(F)F)N1C[C@H]2CC=CC[C@H]2C1. The first kappa shape index (κ1) is 13.9. The predicted molar refractivity (Wildman–Crippen MR) is 61.0 cm³/mol. The van der Waals surface area contributed by atoms with Crippen LogP contribution in [0.15, 0.2) is 12.2 Å². The number of nitrogens with one attached hydrogen (secondary N) is 1. The fourth-order valence-corrected chi connectivity index (χ4v) is 2.59. The summed E-state index contributed by atoms with van der Waals surface area (Å²) in [4.78, 5) is 23.9. The Morgan fingerprint density at radius 2 is 1.68 bits per heavy atom. The first-order chi connectivity index (χ1) is 8.88. The van der Waals surface area contributed by atoms with Crippen molar-refractivity contribution in [1.82, 2.24) is 10.2 Å². The lowest BCUT2D eigenvalue weighted by molar-refractivity contribution is -0.174. The third-order valence-electron chi connectivity index (χ3n) is 3.63. The van der Waals surface area contributed by atoms with Crippen LogP contribution in [0.3, 0.4) is 0 Å². The topological polar surface area (TPSA) is 49.4 Å². The molecule has 0 unspecified atom stereocenters. The molecule has 2 amide bonds. The zero-order chi connectivity index (χ0) is 14.0. The summed E-state index contributed by atoms with van der Waals surface area (Å²) in [5.74, 6) is -1.73. The minimum atomic E-state index is -4.94. The van der Waals surface area contributed by atoms with Gasteiger partial charge in [-0.25, -0.2) is 0 Å². The first-order valence-corrected chi connectivity index (χ1v) is 6.15. The molecule has 7 heteroatoms. The molecule has 0 bridgehead atoms. The Kier molecular flexibility index (Phi) is 3.82. The fourth-order valence-electron chi connectivity index (χ4n) is 2.59. The van der Waals surface area contributed by atoms with Crippen LogP contribution in [0.4, 0.5) is 13.2 Å². The Labute approximate surface area is 108 Å². The van der Waals surface area contributed by atoms with Gasteiger partial charge in [0, 0.05) is 13.1 Å². The summed E-state index contributed by atoms with van der Waals surface area (Å²) in [6.07, 6.45) is 1.01. The maximum atomic E-state index is 12.0. The van der Waals surface area contributed by atoms with E-state index in [2.05, 4.69) is 12.2 Å². The Balaban J connectivity index is 1.81. The summed E-state index contributed by atoms with van der Waals surface area (Å²) in [6, 6.07) is 0. The summed E-state index contributed by atoms with van der Waals surface area (Å²) in [5.41, 5.74) is 0. The molecule has 0 spiro atoms. The highest BCUT2D eigenvalue weighted by Crippen LogP contribution is 2.32. The van der Waals surface area contributed by atoms with Gasteiger partial charge in [0.1, 0.15) is 0 Å². The van der Waals surface area contributed by atoms with Gasteiger partial charge < -0.3 is 10.2 Å². The van der Waals surface area contributed by atoms with Crippen LogP contribution in [0.5, 0.6) is 0 Å². The highest BCUT2D eigenvalue weighted by atomic mass is 19.4. The van der Waals surface area contributed by atoms with Crippen LogP contribution in [0.2, 0.25) is 0 Å². The molecule has 4 nitrogen and oxygen atoms in total. The molecule has 1 aliphatic carbocycles. The largest absolute Gasteiger partial charge is 0.471 e. The van der Waals surface area contributed by atoms with E-state index in [-0.39, 0.29) is 0 Å². The van der Waals surface area contributed by atoms with Crippen LogP contribution in [-0.2, 0) is 9.59 Å². The Hall–Kier alpha value is -1.53. The highest BCUT2D eigenvalue weighted by Gasteiger charge is 2.39. The van der Waals surface area contributed by atoms with Crippen LogP contribution in [0.25, 0.3) is 0 Å². The van der Waals surface area contributed by atoms with Crippen molar-refractivity contribution in [2.75, 3.05) is 19.6 Å². The lowest BCUT2D eigenvalue weighted by atomic mass is 9.86. The number of halogens is 3. The number of hydrogen-bond donors (Lipinski definition) is 1. The average molecular weight is 276 g/mol. The number of rotatable bonds is 2. The maximum Gasteiger partial charge on any atom is 0.471 e. The number of fused-ring (bicyclic) bond motifs is 1. The van der Waals surface area contributed by atoms with Crippen molar-refractivity contribution in [2.24, 2.45) is 11.8 Å². The van der Waals surface area contributed by atoms with E-state index in [0.717, 1.165) is 12.8 Å². The molecule has 2 rings (SSSR count). The molecular formula is C12H15F3N2O2. The molecule has 1 saturated heterocycles. The van der Waals surface area contributed by atoms with E-state index < -0.39 is 24.5 Å². The first-order valence-electron chi connectivity index (χ1n) is 6.15. The number of carbonyl (C=O) groups excluding carboxylic acids is 2. The number of likely N-dealkylation sites (tertiary alicyclic amines) is 1. The normalized spacial score (nSPS) is 26.2. The van der Waals surface area contributed by atoms with Crippen molar-refractivity contribution >= 4 is 11.8 Å². The molecule has 0 aromatic rings. The summed E-state index contributed by atoms with van der Waals surface area (Å²) >= 11 is 0. The van der Waals surface area contributed by atoms with E-state index >= 15 is 0 Å². The lowest BCUT2D eigenvalue weighted by Crippen LogP contribution is -2.44. The molecule has 1 aliphatic heterocycles. The van der Waals surface area contributed by atoms with Gasteiger partial charge in [-0.2, -0.15) is 13.2 Å². The van der Waals surface area contributed by atoms with E-state index in [1.807, 2.05) is 0 Å². The number of alkyl halides is 3. The molecule has 106 valence electrons. The van der Waals surface area contributed by atoms with Gasteiger partial charge in [0.05, 0.1) is 6.54 Å². The zero-order valence-electron chi connectivity index (χ0n) is 10.2. The molecule has 0 aromatic carbocycles. The van der Waals surface area contributed by atoms with Crippen LogP contribution >= 0.6 is 0 Å². The number of amides is 2. The predicted octanol–water partition coefficient (Wildman–Crippen LogP) is 1.09. The van der Waals surface area contributed by atoms with Gasteiger partial charge in [0.2, 0.25) is 5.91 Å². The number of nitrogens with zero attached hydrogens (tertiary/aromatic N) is 1. The van der Waals surface area contributed by atoms with Crippen molar-refractivity contribution in [3.05, 3.63) is 12.2 Å². The second-order valence-corrected chi connectivity index (χ2v) is 4.94. The summed E-state index contributed by atoms with van der Waals surface area (Å²) < 4.78 is 35.9. The van der Waals surface area contributed by atoms with Crippen molar-refractivity contribution in [2.45, 2.75) is 19.0 Å². The minimum absolute atomic E-state index is 0.396. The van der Waals surface area contributed by atoms with Crippen LogP contribution in [0.1, 0.15) is 12.8 Å². The third-order valence-corrected chi connectivity index (χ3v) is 3.63. The summed E-state index contributed by atoms with van der Waals surface area (Å²) in [7, 11) is 0. The van der Waals surface area contributed by atoms with Crippen molar-refractivity contribution < 1.29 is 22.8 Å². The van der Waals surface area contributed by atoms with Gasteiger partial charge in [-0.3, -0.25) is 9.59 Å². The summed E-state index contributed by atoms with van der Waals surface area (Å²) in [5, 5.41) is 1.61.